The summed E-state index contributed by atoms with van der Waals surface area (Å²) in [5.74, 6) is 0.950. The van der Waals surface area contributed by atoms with E-state index in [0.717, 1.165) is 67.5 Å². The molecule has 0 radical (unpaired) electrons. The van der Waals surface area contributed by atoms with Crippen molar-refractivity contribution in [3.63, 3.8) is 0 Å². The maximum atomic E-state index is 6.61. The Morgan fingerprint density at radius 1 is 0.329 bits per heavy atom. The Balaban J connectivity index is 0.637. The van der Waals surface area contributed by atoms with Gasteiger partial charge >= 0.3 is 0 Å². The lowest BCUT2D eigenvalue weighted by Crippen LogP contribution is -2.24. The number of benzene rings is 12. The van der Waals surface area contributed by atoms with Gasteiger partial charge in [0.25, 0.3) is 0 Å². The van der Waals surface area contributed by atoms with Crippen molar-refractivity contribution in [2.24, 2.45) is 0 Å². The number of para-hydroxylation sites is 4. The van der Waals surface area contributed by atoms with Gasteiger partial charge in [-0.2, -0.15) is 0 Å². The molecule has 6 aromatic heterocycles. The van der Waals surface area contributed by atoms with Crippen LogP contribution in [0.1, 0.15) is 23.8 Å². The summed E-state index contributed by atoms with van der Waals surface area (Å²) in [6.07, 6.45) is 5.40. The van der Waals surface area contributed by atoms with Gasteiger partial charge in [-0.25, -0.2) is 0 Å². The molecule has 6 heterocycles. The van der Waals surface area contributed by atoms with E-state index in [1.165, 1.54) is 117 Å². The molecule has 4 nitrogen and oxygen atoms in total. The van der Waals surface area contributed by atoms with Crippen LogP contribution >= 0.6 is 22.7 Å². The molecule has 18 aromatic rings. The number of allylic oxidation sites excluding steroid dienone is 1. The van der Waals surface area contributed by atoms with Crippen molar-refractivity contribution in [3.05, 3.63) is 272 Å². The van der Waals surface area contributed by atoms with Crippen LogP contribution in [0.3, 0.4) is 0 Å². The highest BCUT2D eigenvalue weighted by Crippen LogP contribution is 2.46. The first-order chi connectivity index (χ1) is 41.9. The van der Waals surface area contributed by atoms with Crippen LogP contribution in [-0.2, 0) is 11.8 Å². The number of hydrogen-bond donors (Lipinski definition) is 0. The van der Waals surface area contributed by atoms with Gasteiger partial charge in [0.15, 0.2) is 0 Å². The molecule has 0 saturated carbocycles. The molecule has 0 bridgehead atoms. The molecular weight excluding hydrogens is 1070 g/mol. The van der Waals surface area contributed by atoms with Gasteiger partial charge < -0.3 is 18.0 Å². The number of aromatic nitrogens is 2. The van der Waals surface area contributed by atoms with Gasteiger partial charge in [0, 0.05) is 100 Å². The van der Waals surface area contributed by atoms with Gasteiger partial charge in [-0.3, -0.25) is 0 Å². The second-order valence-corrected chi connectivity index (χ2v) is 25.6. The predicted molar refractivity (Wildman–Crippen MR) is 361 cm³/mol. The first-order valence-corrected chi connectivity index (χ1v) is 30.8. The molecule has 12 aromatic carbocycles. The second-order valence-electron chi connectivity index (χ2n) is 23.4. The fourth-order valence-corrected chi connectivity index (χ4v) is 16.4. The van der Waals surface area contributed by atoms with Crippen molar-refractivity contribution >= 4 is 146 Å². The van der Waals surface area contributed by atoms with Crippen molar-refractivity contribution in [1.29, 1.82) is 0 Å². The molecule has 0 N–H and O–H groups in total. The first kappa shape index (κ1) is 47.3. The molecular formula is C79H48N2O2S2. The average Bonchev–Trinajstić information content (AvgIpc) is 3.32. The molecule has 1 aliphatic rings. The highest BCUT2D eigenvalue weighted by molar-refractivity contribution is 7.26. The van der Waals surface area contributed by atoms with Gasteiger partial charge in [0.1, 0.15) is 22.5 Å². The molecule has 1 atom stereocenters. The Kier molecular flexibility index (Phi) is 9.81. The van der Waals surface area contributed by atoms with Gasteiger partial charge in [0.05, 0.1) is 22.1 Å². The Labute approximate surface area is 495 Å². The van der Waals surface area contributed by atoms with Gasteiger partial charge in [-0.15, -0.1) is 22.7 Å². The highest BCUT2D eigenvalue weighted by Gasteiger charge is 2.32. The summed E-state index contributed by atoms with van der Waals surface area (Å²) in [7, 11) is 0. The van der Waals surface area contributed by atoms with E-state index in [9.17, 15) is 0 Å². The summed E-state index contributed by atoms with van der Waals surface area (Å²) in [5, 5.41) is 13.6. The smallest absolute Gasteiger partial charge is 0.135 e. The van der Waals surface area contributed by atoms with Crippen LogP contribution in [0.4, 0.5) is 0 Å². The van der Waals surface area contributed by atoms with E-state index in [0.29, 0.717) is 0 Å². The quantitative estimate of drug-likeness (QED) is 0.166. The highest BCUT2D eigenvalue weighted by atomic mass is 32.1. The normalized spacial score (nSPS) is 14.6. The van der Waals surface area contributed by atoms with Crippen LogP contribution < -0.4 is 0 Å². The third-order valence-electron chi connectivity index (χ3n) is 18.5. The van der Waals surface area contributed by atoms with Crippen molar-refractivity contribution in [2.45, 2.75) is 18.8 Å². The molecule has 1 aliphatic carbocycles. The van der Waals surface area contributed by atoms with E-state index in [-0.39, 0.29) is 5.41 Å². The van der Waals surface area contributed by atoms with E-state index in [4.69, 9.17) is 8.83 Å². The molecule has 0 amide bonds. The summed E-state index contributed by atoms with van der Waals surface area (Å²) >= 11 is 3.73. The van der Waals surface area contributed by atoms with Gasteiger partial charge in [-0.05, 0) is 179 Å². The maximum absolute atomic E-state index is 6.61. The van der Waals surface area contributed by atoms with Crippen LogP contribution in [0.5, 0.6) is 0 Å². The number of thiophene rings is 2. The predicted octanol–water partition coefficient (Wildman–Crippen LogP) is 22.8. The SMILES string of the molecule is CC1(c2ccc3sc4ccc(-n5c6ccccc6c6ccccc65)cc4c3c2)C=Cc2oc3ccc(-c4cccc(-c5ccc6oc7ccc(-c8ccc9sc%10ccc(-n%11c%12ccccc%12c%12ccccc%12%11)cc%10c9c8)cc7c6c5)c4)cc3c2C1. The minimum absolute atomic E-state index is 0.240. The van der Waals surface area contributed by atoms with E-state index in [1.807, 2.05) is 22.7 Å². The lowest BCUT2D eigenvalue weighted by Gasteiger charge is -2.29. The van der Waals surface area contributed by atoms with Crippen LogP contribution in [0.2, 0.25) is 0 Å². The van der Waals surface area contributed by atoms with Crippen LogP contribution in [0.15, 0.2) is 264 Å². The van der Waals surface area contributed by atoms with Crippen LogP contribution in [0, 0.1) is 0 Å². The Morgan fingerprint density at radius 3 is 1.25 bits per heavy atom. The standard InChI is InChI=1S/C79H48N2O2S2/c1-79(52-25-32-76-63(42-52)65-44-54(27-34-78(65)85-76)81-69-19-8-4-15-57(69)58-16-5-9-20-70(58)81)36-35-74-66(45-79)61-40-49(22-30-73(61)83-74)47-12-10-11-46(37-47)48-21-28-71-59(38-48)60-39-50(23-29-72(60)82-71)51-24-31-75-62(41-51)64-43-53(26-33-77(64)84-75)80-67-17-6-2-13-55(67)56-14-3-7-18-68(56)80/h2-44H,45H2,1H3. The number of rotatable bonds is 6. The number of furan rings is 2. The van der Waals surface area contributed by atoms with Gasteiger partial charge in [-0.1, -0.05) is 134 Å². The monoisotopic (exact) mass is 1120 g/mol. The minimum atomic E-state index is -0.240. The van der Waals surface area contributed by atoms with Crippen molar-refractivity contribution in [3.8, 4) is 44.8 Å². The second kappa shape index (κ2) is 17.6. The topological polar surface area (TPSA) is 36.1 Å². The summed E-state index contributed by atoms with van der Waals surface area (Å²) in [4.78, 5) is 0. The van der Waals surface area contributed by atoms with Crippen molar-refractivity contribution in [2.75, 3.05) is 0 Å². The zero-order valence-corrected chi connectivity index (χ0v) is 47.7. The van der Waals surface area contributed by atoms with Crippen molar-refractivity contribution in [1.82, 2.24) is 9.13 Å². The summed E-state index contributed by atoms with van der Waals surface area (Å²) in [5.41, 5.74) is 19.2. The molecule has 85 heavy (non-hydrogen) atoms. The average molecular weight is 1120 g/mol. The first-order valence-electron chi connectivity index (χ1n) is 29.1. The fourth-order valence-electron chi connectivity index (χ4n) is 14.3. The molecule has 398 valence electrons. The fraction of sp³-hybridized carbons (Fsp3) is 0.0380. The third-order valence-corrected chi connectivity index (χ3v) is 20.8. The Hall–Kier alpha value is -10.2. The van der Waals surface area contributed by atoms with E-state index < -0.39 is 0 Å². The zero-order valence-electron chi connectivity index (χ0n) is 46.1. The zero-order chi connectivity index (χ0) is 55.6. The molecule has 0 spiro atoms. The molecule has 1 unspecified atom stereocenters. The number of nitrogens with zero attached hydrogens (tertiary/aromatic N) is 2. The lowest BCUT2D eigenvalue weighted by molar-refractivity contribution is 0.550. The Morgan fingerprint density at radius 2 is 0.729 bits per heavy atom. The Bertz CT molecular complexity index is 5830. The van der Waals surface area contributed by atoms with E-state index in [2.05, 4.69) is 277 Å². The van der Waals surface area contributed by atoms with E-state index >= 15 is 0 Å². The molecule has 6 heteroatoms. The summed E-state index contributed by atoms with van der Waals surface area (Å²) in [6, 6.07) is 92.0. The summed E-state index contributed by atoms with van der Waals surface area (Å²) < 4.78 is 23.2. The minimum Gasteiger partial charge on any atom is -0.456 e. The number of fused-ring (bicyclic) bond motifs is 18. The molecule has 0 fully saturated rings. The lowest BCUT2D eigenvalue weighted by atomic mass is 9.73. The summed E-state index contributed by atoms with van der Waals surface area (Å²) in [6.45, 7) is 2.38. The molecule has 0 saturated heterocycles. The van der Waals surface area contributed by atoms with Crippen LogP contribution in [0.25, 0.3) is 168 Å². The van der Waals surface area contributed by atoms with Crippen molar-refractivity contribution < 1.29 is 8.83 Å². The largest absolute Gasteiger partial charge is 0.456 e. The maximum Gasteiger partial charge on any atom is 0.135 e. The number of hydrogen-bond acceptors (Lipinski definition) is 4. The van der Waals surface area contributed by atoms with E-state index in [1.54, 1.807) is 0 Å². The van der Waals surface area contributed by atoms with Crippen LogP contribution in [-0.4, -0.2) is 9.13 Å². The third kappa shape index (κ3) is 7.07. The molecule has 19 rings (SSSR count). The van der Waals surface area contributed by atoms with Gasteiger partial charge in [0.2, 0.25) is 0 Å². The molecule has 0 aliphatic heterocycles.